The second-order valence-corrected chi connectivity index (χ2v) is 7.55. The molecule has 0 aliphatic heterocycles. The van der Waals surface area contributed by atoms with Gasteiger partial charge in [-0.2, -0.15) is 0 Å². The Bertz CT molecular complexity index is 626. The van der Waals surface area contributed by atoms with E-state index >= 15 is 0 Å². The second kappa shape index (κ2) is 5.34. The molecule has 1 atom stereocenters. The standard InChI is InChI=1S/C11H11ClN2O2S2/c1-18(15,16)7-9-13-14-11(17-9)10(12)8-5-3-2-4-6-8/h2-6,10H,7H2,1H3. The Morgan fingerprint density at radius 3 is 2.56 bits per heavy atom. The van der Waals surface area contributed by atoms with Gasteiger partial charge in [0.25, 0.3) is 0 Å². The SMILES string of the molecule is CS(=O)(=O)Cc1nnc(C(Cl)c2ccccc2)s1. The minimum absolute atomic E-state index is 0.0942. The van der Waals surface area contributed by atoms with Crippen molar-refractivity contribution in [2.75, 3.05) is 6.26 Å². The molecule has 0 amide bonds. The highest BCUT2D eigenvalue weighted by Gasteiger charge is 2.17. The van der Waals surface area contributed by atoms with Gasteiger partial charge in [0, 0.05) is 6.26 Å². The molecule has 0 saturated carbocycles. The van der Waals surface area contributed by atoms with Gasteiger partial charge in [0.15, 0.2) is 9.84 Å². The Morgan fingerprint density at radius 2 is 1.94 bits per heavy atom. The van der Waals surface area contributed by atoms with E-state index in [1.807, 2.05) is 30.3 Å². The molecule has 1 heterocycles. The first-order valence-corrected chi connectivity index (χ1v) is 8.46. The van der Waals surface area contributed by atoms with Crippen LogP contribution in [0.3, 0.4) is 0 Å². The third-order valence-electron chi connectivity index (χ3n) is 2.18. The molecule has 0 aliphatic rings. The molecule has 2 rings (SSSR count). The van der Waals surface area contributed by atoms with Gasteiger partial charge < -0.3 is 0 Å². The van der Waals surface area contributed by atoms with Gasteiger partial charge in [0.2, 0.25) is 0 Å². The summed E-state index contributed by atoms with van der Waals surface area (Å²) in [4.78, 5) is 0. The van der Waals surface area contributed by atoms with Crippen LogP contribution in [-0.2, 0) is 15.6 Å². The number of hydrogen-bond donors (Lipinski definition) is 0. The Morgan fingerprint density at radius 1 is 1.28 bits per heavy atom. The number of aromatic nitrogens is 2. The number of sulfone groups is 1. The molecule has 1 aromatic heterocycles. The van der Waals surface area contributed by atoms with E-state index in [1.54, 1.807) is 0 Å². The van der Waals surface area contributed by atoms with Crippen LogP contribution in [-0.4, -0.2) is 24.9 Å². The number of rotatable bonds is 4. The molecule has 0 saturated heterocycles. The van der Waals surface area contributed by atoms with E-state index < -0.39 is 15.2 Å². The summed E-state index contributed by atoms with van der Waals surface area (Å²) in [6.45, 7) is 0. The lowest BCUT2D eigenvalue weighted by Gasteiger charge is -2.04. The van der Waals surface area contributed by atoms with Crippen molar-refractivity contribution < 1.29 is 8.42 Å². The number of halogens is 1. The summed E-state index contributed by atoms with van der Waals surface area (Å²) in [6.07, 6.45) is 1.17. The zero-order chi connectivity index (χ0) is 13.2. The van der Waals surface area contributed by atoms with E-state index in [9.17, 15) is 8.42 Å². The van der Waals surface area contributed by atoms with E-state index in [2.05, 4.69) is 10.2 Å². The van der Waals surface area contributed by atoms with Crippen LogP contribution < -0.4 is 0 Å². The van der Waals surface area contributed by atoms with Crippen molar-refractivity contribution in [1.82, 2.24) is 10.2 Å². The first-order valence-electron chi connectivity index (χ1n) is 5.15. The number of benzene rings is 1. The van der Waals surface area contributed by atoms with E-state index in [-0.39, 0.29) is 5.75 Å². The summed E-state index contributed by atoms with van der Waals surface area (Å²) in [7, 11) is -3.09. The first kappa shape index (κ1) is 13.5. The van der Waals surface area contributed by atoms with E-state index in [4.69, 9.17) is 11.6 Å². The lowest BCUT2D eigenvalue weighted by Crippen LogP contribution is -1.99. The maximum atomic E-state index is 11.2. The number of hydrogen-bond acceptors (Lipinski definition) is 5. The van der Waals surface area contributed by atoms with Crippen molar-refractivity contribution in [2.24, 2.45) is 0 Å². The third-order valence-corrected chi connectivity index (χ3v) is 4.73. The van der Waals surface area contributed by atoms with Crippen LogP contribution in [0.25, 0.3) is 0 Å². The minimum Gasteiger partial charge on any atom is -0.229 e. The predicted octanol–water partition coefficient (Wildman–Crippen LogP) is 2.41. The number of nitrogens with zero attached hydrogens (tertiary/aromatic N) is 2. The molecule has 96 valence electrons. The fourth-order valence-electron chi connectivity index (χ4n) is 1.42. The van der Waals surface area contributed by atoms with Gasteiger partial charge in [-0.1, -0.05) is 41.7 Å². The van der Waals surface area contributed by atoms with Gasteiger partial charge in [-0.25, -0.2) is 8.42 Å². The Kier molecular flexibility index (Phi) is 3.99. The summed E-state index contributed by atoms with van der Waals surface area (Å²) < 4.78 is 22.3. The smallest absolute Gasteiger partial charge is 0.154 e. The van der Waals surface area contributed by atoms with Gasteiger partial charge in [-0.15, -0.1) is 21.8 Å². The highest BCUT2D eigenvalue weighted by molar-refractivity contribution is 7.90. The van der Waals surface area contributed by atoms with Crippen LogP contribution in [0.4, 0.5) is 0 Å². The van der Waals surface area contributed by atoms with Crippen LogP contribution in [0.5, 0.6) is 0 Å². The topological polar surface area (TPSA) is 59.9 Å². The fraction of sp³-hybridized carbons (Fsp3) is 0.273. The zero-order valence-corrected chi connectivity index (χ0v) is 12.0. The molecule has 1 aromatic carbocycles. The summed E-state index contributed by atoms with van der Waals surface area (Å²) in [6, 6.07) is 9.49. The van der Waals surface area contributed by atoms with Gasteiger partial charge in [0.05, 0.1) is 0 Å². The molecule has 1 unspecified atom stereocenters. The molecular formula is C11H11ClN2O2S2. The molecule has 0 radical (unpaired) electrons. The lowest BCUT2D eigenvalue weighted by atomic mass is 10.1. The van der Waals surface area contributed by atoms with Crippen molar-refractivity contribution in [3.63, 3.8) is 0 Å². The fourth-order valence-corrected chi connectivity index (χ4v) is 3.77. The monoisotopic (exact) mass is 302 g/mol. The Balaban J connectivity index is 2.20. The van der Waals surface area contributed by atoms with Crippen molar-refractivity contribution in [2.45, 2.75) is 11.1 Å². The highest BCUT2D eigenvalue weighted by atomic mass is 35.5. The molecule has 18 heavy (non-hydrogen) atoms. The molecule has 0 aliphatic carbocycles. The maximum absolute atomic E-state index is 11.2. The maximum Gasteiger partial charge on any atom is 0.154 e. The summed E-state index contributed by atoms with van der Waals surface area (Å²) in [5.74, 6) is -0.0942. The summed E-state index contributed by atoms with van der Waals surface area (Å²) in [5, 5.41) is 8.49. The molecule has 0 bridgehead atoms. The summed E-state index contributed by atoms with van der Waals surface area (Å²) >= 11 is 7.50. The molecule has 0 spiro atoms. The van der Waals surface area contributed by atoms with Crippen molar-refractivity contribution in [3.8, 4) is 0 Å². The minimum atomic E-state index is -3.09. The Labute approximate surface area is 115 Å². The van der Waals surface area contributed by atoms with Crippen molar-refractivity contribution in [1.29, 1.82) is 0 Å². The van der Waals surface area contributed by atoms with Crippen LogP contribution in [0.1, 0.15) is 21.0 Å². The van der Waals surface area contributed by atoms with Crippen LogP contribution in [0, 0.1) is 0 Å². The molecule has 2 aromatic rings. The summed E-state index contributed by atoms with van der Waals surface area (Å²) in [5.41, 5.74) is 0.918. The average Bonchev–Trinajstić information content (AvgIpc) is 2.75. The largest absolute Gasteiger partial charge is 0.229 e. The van der Waals surface area contributed by atoms with Crippen molar-refractivity contribution in [3.05, 3.63) is 45.9 Å². The van der Waals surface area contributed by atoms with Gasteiger partial charge >= 0.3 is 0 Å². The van der Waals surface area contributed by atoms with Gasteiger partial charge in [-0.3, -0.25) is 0 Å². The first-order chi connectivity index (χ1) is 8.46. The quantitative estimate of drug-likeness (QED) is 0.814. The Hall–Kier alpha value is -0.980. The predicted molar refractivity (Wildman–Crippen MR) is 72.6 cm³/mol. The molecule has 0 N–H and O–H groups in total. The highest BCUT2D eigenvalue weighted by Crippen LogP contribution is 2.30. The zero-order valence-electron chi connectivity index (χ0n) is 9.58. The average molecular weight is 303 g/mol. The second-order valence-electron chi connectivity index (χ2n) is 3.88. The van der Waals surface area contributed by atoms with E-state index in [1.165, 1.54) is 17.6 Å². The van der Waals surface area contributed by atoms with E-state index in [0.29, 0.717) is 10.0 Å². The molecule has 4 nitrogen and oxygen atoms in total. The molecule has 0 fully saturated rings. The van der Waals surface area contributed by atoms with Crippen LogP contribution >= 0.6 is 22.9 Å². The van der Waals surface area contributed by atoms with E-state index in [0.717, 1.165) is 5.56 Å². The molecular weight excluding hydrogens is 292 g/mol. The lowest BCUT2D eigenvalue weighted by molar-refractivity contribution is 0.600. The normalized spacial score (nSPS) is 13.4. The van der Waals surface area contributed by atoms with Crippen LogP contribution in [0.15, 0.2) is 30.3 Å². The number of alkyl halides is 1. The van der Waals surface area contributed by atoms with Gasteiger partial charge in [0.1, 0.15) is 21.1 Å². The molecule has 7 heteroatoms. The van der Waals surface area contributed by atoms with Gasteiger partial charge in [-0.05, 0) is 5.56 Å². The van der Waals surface area contributed by atoms with Crippen LogP contribution in [0.2, 0.25) is 0 Å². The third kappa shape index (κ3) is 3.51. The van der Waals surface area contributed by atoms with Crippen molar-refractivity contribution >= 4 is 32.8 Å².